The minimum Gasteiger partial charge on any atom is -0.305 e. The fourth-order valence-electron chi connectivity index (χ4n) is 4.46. The number of rotatable bonds is 7. The quantitative estimate of drug-likeness (QED) is 0.302. The molecule has 3 heteroatoms. The smallest absolute Gasteiger partial charge is 0.0998 e. The molecule has 1 N–H and O–H groups in total. The number of benzene rings is 4. The second kappa shape index (κ2) is 10.1. The summed E-state index contributed by atoms with van der Waals surface area (Å²) in [6.07, 6.45) is 4.61. The van der Waals surface area contributed by atoms with E-state index in [4.69, 9.17) is 0 Å². The largest absolute Gasteiger partial charge is 0.305 e. The molecule has 1 atom stereocenters. The van der Waals surface area contributed by atoms with Crippen LogP contribution in [0.2, 0.25) is 0 Å². The van der Waals surface area contributed by atoms with Crippen LogP contribution in [0.1, 0.15) is 28.3 Å². The maximum absolute atomic E-state index is 9.80. The molecule has 4 aromatic carbocycles. The number of hydrogen-bond acceptors (Lipinski definition) is 3. The van der Waals surface area contributed by atoms with Crippen molar-refractivity contribution >= 4 is 10.8 Å². The van der Waals surface area contributed by atoms with Crippen molar-refractivity contribution in [1.82, 2.24) is 10.3 Å². The van der Waals surface area contributed by atoms with Gasteiger partial charge in [0.15, 0.2) is 0 Å². The van der Waals surface area contributed by atoms with Gasteiger partial charge in [0.2, 0.25) is 0 Å². The van der Waals surface area contributed by atoms with Gasteiger partial charge in [0, 0.05) is 30.5 Å². The van der Waals surface area contributed by atoms with E-state index in [0.717, 1.165) is 34.1 Å². The Labute approximate surface area is 200 Å². The zero-order valence-electron chi connectivity index (χ0n) is 18.9. The van der Waals surface area contributed by atoms with Crippen LogP contribution in [0.25, 0.3) is 21.9 Å². The Kier molecular flexibility index (Phi) is 6.42. The first kappa shape index (κ1) is 21.6. The molecule has 34 heavy (non-hydrogen) atoms. The summed E-state index contributed by atoms with van der Waals surface area (Å²) in [6.45, 7) is 0.690. The van der Waals surface area contributed by atoms with Gasteiger partial charge in [-0.25, -0.2) is 0 Å². The highest BCUT2D eigenvalue weighted by Gasteiger charge is 2.14. The number of nitrogens with zero attached hydrogens (tertiary/aromatic N) is 2. The van der Waals surface area contributed by atoms with Crippen molar-refractivity contribution in [2.45, 2.75) is 19.0 Å². The Balaban J connectivity index is 1.45. The molecule has 0 amide bonds. The number of pyridine rings is 1. The third kappa shape index (κ3) is 4.73. The standard InChI is InChI=1S/C31H25N3/c32-20-26-16-15-24(18-30(26)29-14-6-11-25-10-4-5-13-28(25)29)21-34-31(27-12-7-17-33-22-27)19-23-8-2-1-3-9-23/h1-18,22,31,34H,19,21H2. The number of nitrogens with one attached hydrogen (secondary N) is 1. The maximum Gasteiger partial charge on any atom is 0.0998 e. The van der Waals surface area contributed by atoms with Crippen LogP contribution in [0.3, 0.4) is 0 Å². The number of hydrogen-bond donors (Lipinski definition) is 1. The third-order valence-corrected chi connectivity index (χ3v) is 6.21. The van der Waals surface area contributed by atoms with E-state index >= 15 is 0 Å². The predicted molar refractivity (Wildman–Crippen MR) is 138 cm³/mol. The monoisotopic (exact) mass is 439 g/mol. The van der Waals surface area contributed by atoms with E-state index in [0.29, 0.717) is 12.1 Å². The summed E-state index contributed by atoms with van der Waals surface area (Å²) in [6, 6.07) is 37.8. The van der Waals surface area contributed by atoms with Gasteiger partial charge in [-0.3, -0.25) is 4.98 Å². The summed E-state index contributed by atoms with van der Waals surface area (Å²) in [5.74, 6) is 0. The van der Waals surface area contributed by atoms with Crippen molar-refractivity contribution < 1.29 is 0 Å². The van der Waals surface area contributed by atoms with E-state index < -0.39 is 0 Å². The molecule has 0 saturated heterocycles. The lowest BCUT2D eigenvalue weighted by Crippen LogP contribution is -2.23. The molecule has 1 heterocycles. The Morgan fingerprint density at radius 2 is 1.59 bits per heavy atom. The van der Waals surface area contributed by atoms with Crippen LogP contribution >= 0.6 is 0 Å². The summed E-state index contributed by atoms with van der Waals surface area (Å²) in [5.41, 5.74) is 6.33. The molecule has 1 aromatic heterocycles. The van der Waals surface area contributed by atoms with Crippen molar-refractivity contribution in [3.63, 3.8) is 0 Å². The van der Waals surface area contributed by atoms with Crippen molar-refractivity contribution in [3.05, 3.63) is 138 Å². The molecular weight excluding hydrogens is 414 g/mol. The minimum atomic E-state index is 0.132. The van der Waals surface area contributed by atoms with Crippen molar-refractivity contribution in [3.8, 4) is 17.2 Å². The molecule has 0 aliphatic heterocycles. The number of fused-ring (bicyclic) bond motifs is 1. The maximum atomic E-state index is 9.80. The van der Waals surface area contributed by atoms with Gasteiger partial charge in [-0.05, 0) is 57.6 Å². The van der Waals surface area contributed by atoms with Gasteiger partial charge in [-0.2, -0.15) is 5.26 Å². The van der Waals surface area contributed by atoms with Crippen LogP contribution in [0.5, 0.6) is 0 Å². The number of nitriles is 1. The van der Waals surface area contributed by atoms with Crippen molar-refractivity contribution in [2.24, 2.45) is 0 Å². The van der Waals surface area contributed by atoms with Gasteiger partial charge in [0.05, 0.1) is 11.6 Å². The highest BCUT2D eigenvalue weighted by atomic mass is 14.9. The Hall–Kier alpha value is -4.26. The topological polar surface area (TPSA) is 48.7 Å². The van der Waals surface area contributed by atoms with Gasteiger partial charge in [0.1, 0.15) is 0 Å². The average Bonchev–Trinajstić information content (AvgIpc) is 2.91. The zero-order valence-corrected chi connectivity index (χ0v) is 18.9. The Morgan fingerprint density at radius 1 is 0.765 bits per heavy atom. The fraction of sp³-hybridized carbons (Fsp3) is 0.0968. The van der Waals surface area contributed by atoms with Gasteiger partial charge in [0.25, 0.3) is 0 Å². The van der Waals surface area contributed by atoms with E-state index in [1.165, 1.54) is 10.9 Å². The Morgan fingerprint density at radius 3 is 2.41 bits per heavy atom. The van der Waals surface area contributed by atoms with E-state index in [-0.39, 0.29) is 6.04 Å². The summed E-state index contributed by atoms with van der Waals surface area (Å²) in [4.78, 5) is 4.33. The summed E-state index contributed by atoms with van der Waals surface area (Å²) in [7, 11) is 0. The molecule has 5 rings (SSSR count). The highest BCUT2D eigenvalue weighted by Crippen LogP contribution is 2.32. The summed E-state index contributed by atoms with van der Waals surface area (Å²) in [5, 5.41) is 15.9. The average molecular weight is 440 g/mol. The predicted octanol–water partition coefficient (Wildman–Crippen LogP) is 6.85. The molecule has 164 valence electrons. The van der Waals surface area contributed by atoms with E-state index in [1.807, 2.05) is 42.6 Å². The van der Waals surface area contributed by atoms with Gasteiger partial charge < -0.3 is 5.32 Å². The number of aromatic nitrogens is 1. The summed E-state index contributed by atoms with van der Waals surface area (Å²) < 4.78 is 0. The van der Waals surface area contributed by atoms with Crippen LogP contribution in [-0.4, -0.2) is 4.98 Å². The molecule has 0 bridgehead atoms. The lowest BCUT2D eigenvalue weighted by Gasteiger charge is -2.20. The second-order valence-electron chi connectivity index (χ2n) is 8.43. The molecule has 0 aliphatic rings. The molecule has 5 aromatic rings. The molecule has 0 radical (unpaired) electrons. The first-order valence-corrected chi connectivity index (χ1v) is 11.5. The molecule has 0 spiro atoms. The molecule has 0 aliphatic carbocycles. The molecule has 3 nitrogen and oxygen atoms in total. The molecule has 1 unspecified atom stereocenters. The molecule has 0 saturated carbocycles. The van der Waals surface area contributed by atoms with Crippen LogP contribution in [0.4, 0.5) is 0 Å². The van der Waals surface area contributed by atoms with Crippen molar-refractivity contribution in [1.29, 1.82) is 5.26 Å². The fourth-order valence-corrected chi connectivity index (χ4v) is 4.46. The highest BCUT2D eigenvalue weighted by molar-refractivity contribution is 5.97. The lowest BCUT2D eigenvalue weighted by molar-refractivity contribution is 0.529. The van der Waals surface area contributed by atoms with Crippen LogP contribution in [-0.2, 0) is 13.0 Å². The van der Waals surface area contributed by atoms with Gasteiger partial charge in [-0.15, -0.1) is 0 Å². The van der Waals surface area contributed by atoms with Crippen LogP contribution in [0.15, 0.2) is 116 Å². The van der Waals surface area contributed by atoms with E-state index in [1.54, 1.807) is 6.20 Å². The first-order valence-electron chi connectivity index (χ1n) is 11.5. The normalized spacial score (nSPS) is 11.7. The molecular formula is C31H25N3. The molecule has 0 fully saturated rings. The zero-order chi connectivity index (χ0) is 23.2. The summed E-state index contributed by atoms with van der Waals surface area (Å²) >= 11 is 0. The van der Waals surface area contributed by atoms with Gasteiger partial charge in [-0.1, -0.05) is 84.9 Å². The Bertz CT molecular complexity index is 1430. The van der Waals surface area contributed by atoms with Crippen LogP contribution in [0, 0.1) is 11.3 Å². The van der Waals surface area contributed by atoms with Crippen molar-refractivity contribution in [2.75, 3.05) is 0 Å². The van der Waals surface area contributed by atoms with Crippen LogP contribution < -0.4 is 5.32 Å². The van der Waals surface area contributed by atoms with E-state index in [2.05, 4.69) is 83.1 Å². The SMILES string of the molecule is N#Cc1ccc(CNC(Cc2ccccc2)c2cccnc2)cc1-c1cccc2ccccc12. The first-order chi connectivity index (χ1) is 16.8. The lowest BCUT2D eigenvalue weighted by atomic mass is 9.93. The van der Waals surface area contributed by atoms with Gasteiger partial charge >= 0.3 is 0 Å². The second-order valence-corrected chi connectivity index (χ2v) is 8.43. The minimum absolute atomic E-state index is 0.132. The van der Waals surface area contributed by atoms with E-state index in [9.17, 15) is 5.26 Å². The third-order valence-electron chi connectivity index (χ3n) is 6.21.